The number of carbonyl (C=O) groups excluding carboxylic acids is 2. The largest absolute Gasteiger partial charge is 0.468 e. The van der Waals surface area contributed by atoms with Crippen molar-refractivity contribution < 1.29 is 14.3 Å². The maximum atomic E-state index is 13.3. The smallest absolute Gasteiger partial charge is 0.323 e. The third-order valence-corrected chi connectivity index (χ3v) is 5.78. The fourth-order valence-corrected chi connectivity index (χ4v) is 3.84. The van der Waals surface area contributed by atoms with E-state index in [0.29, 0.717) is 23.7 Å². The molecule has 156 valence electrons. The number of rotatable bonds is 6. The first kappa shape index (κ1) is 21.8. The molecule has 0 radical (unpaired) electrons. The topological polar surface area (TPSA) is 73.6 Å². The molecule has 0 N–H and O–H groups in total. The Kier molecular flexibility index (Phi) is 7.09. The fraction of sp³-hybridized carbons (Fsp3) is 0.348. The van der Waals surface area contributed by atoms with E-state index in [-0.39, 0.29) is 31.4 Å². The van der Waals surface area contributed by atoms with Crippen molar-refractivity contribution in [3.8, 4) is 6.07 Å². The van der Waals surface area contributed by atoms with Crippen LogP contribution >= 0.6 is 11.6 Å². The van der Waals surface area contributed by atoms with Gasteiger partial charge in [0, 0.05) is 23.8 Å². The summed E-state index contributed by atoms with van der Waals surface area (Å²) in [4.78, 5) is 29.1. The molecule has 1 amide bonds. The summed E-state index contributed by atoms with van der Waals surface area (Å²) < 4.78 is 4.99. The van der Waals surface area contributed by atoms with Crippen molar-refractivity contribution in [1.82, 2.24) is 4.90 Å². The Hall–Kier alpha value is -2.88. The summed E-state index contributed by atoms with van der Waals surface area (Å²) in [6.07, 6.45) is 0.699. The van der Waals surface area contributed by atoms with E-state index in [1.54, 1.807) is 17.0 Å². The lowest BCUT2D eigenvalue weighted by Gasteiger charge is -2.36. The standard InChI is InChI=1S/C23H24ClN3O3/c1-16-12-19(8-9-20(16)24)27(11-5-10-25)22(28)15-26-14-18-7-4-3-6-17(18)13-21(26)23(29)30-2/h3-4,6-9,12,21H,5,11,13-15H2,1-2H3. The third-order valence-electron chi connectivity index (χ3n) is 5.36. The molecule has 2 aromatic rings. The maximum absolute atomic E-state index is 13.3. The molecule has 1 aliphatic heterocycles. The lowest BCUT2D eigenvalue weighted by atomic mass is 9.94. The average molecular weight is 426 g/mol. The van der Waals surface area contributed by atoms with E-state index in [9.17, 15) is 9.59 Å². The van der Waals surface area contributed by atoms with Gasteiger partial charge in [0.15, 0.2) is 0 Å². The number of hydrogen-bond acceptors (Lipinski definition) is 5. The first-order valence-corrected chi connectivity index (χ1v) is 10.1. The molecule has 6 nitrogen and oxygen atoms in total. The quantitative estimate of drug-likeness (QED) is 0.662. The number of nitrogens with zero attached hydrogens (tertiary/aromatic N) is 3. The summed E-state index contributed by atoms with van der Waals surface area (Å²) in [5.74, 6) is -0.538. The Morgan fingerprint density at radius 3 is 2.67 bits per heavy atom. The molecule has 0 aromatic heterocycles. The van der Waals surface area contributed by atoms with Gasteiger partial charge in [0.1, 0.15) is 6.04 Å². The van der Waals surface area contributed by atoms with Crippen molar-refractivity contribution in [3.05, 3.63) is 64.2 Å². The van der Waals surface area contributed by atoms with E-state index in [1.165, 1.54) is 7.11 Å². The number of anilines is 1. The van der Waals surface area contributed by atoms with Crippen LogP contribution in [0.4, 0.5) is 5.69 Å². The lowest BCUT2D eigenvalue weighted by molar-refractivity contribution is -0.148. The fourth-order valence-electron chi connectivity index (χ4n) is 3.73. The number of ether oxygens (including phenoxy) is 1. The number of aryl methyl sites for hydroxylation is 1. The van der Waals surface area contributed by atoms with Gasteiger partial charge in [0.2, 0.25) is 5.91 Å². The second kappa shape index (κ2) is 9.75. The third kappa shape index (κ3) is 4.81. The molecule has 2 aromatic carbocycles. The Bertz CT molecular complexity index is 986. The van der Waals surface area contributed by atoms with Crippen LogP contribution < -0.4 is 4.90 Å². The minimum absolute atomic E-state index is 0.0429. The van der Waals surface area contributed by atoms with Gasteiger partial charge in [-0.3, -0.25) is 14.5 Å². The molecule has 0 saturated carbocycles. The van der Waals surface area contributed by atoms with Gasteiger partial charge in [-0.1, -0.05) is 35.9 Å². The highest BCUT2D eigenvalue weighted by Crippen LogP contribution is 2.26. The molecule has 1 heterocycles. The first-order valence-electron chi connectivity index (χ1n) is 9.76. The van der Waals surface area contributed by atoms with E-state index >= 15 is 0 Å². The molecule has 0 aliphatic carbocycles. The Balaban J connectivity index is 1.86. The molecule has 1 aliphatic rings. The van der Waals surface area contributed by atoms with Crippen LogP contribution in [-0.2, 0) is 27.3 Å². The monoisotopic (exact) mass is 425 g/mol. The highest BCUT2D eigenvalue weighted by molar-refractivity contribution is 6.31. The molecule has 1 unspecified atom stereocenters. The molecule has 30 heavy (non-hydrogen) atoms. The second-order valence-electron chi connectivity index (χ2n) is 7.30. The molecule has 0 spiro atoms. The first-order chi connectivity index (χ1) is 14.4. The van der Waals surface area contributed by atoms with Gasteiger partial charge in [0.25, 0.3) is 0 Å². The zero-order chi connectivity index (χ0) is 21.7. The summed E-state index contributed by atoms with van der Waals surface area (Å²) in [5, 5.41) is 9.65. The number of nitriles is 1. The molecule has 3 rings (SSSR count). The van der Waals surface area contributed by atoms with Crippen molar-refractivity contribution in [2.75, 3.05) is 25.1 Å². The summed E-state index contributed by atoms with van der Waals surface area (Å²) in [7, 11) is 1.36. The van der Waals surface area contributed by atoms with Gasteiger partial charge in [-0.15, -0.1) is 0 Å². The van der Waals surface area contributed by atoms with Crippen molar-refractivity contribution >= 4 is 29.2 Å². The van der Waals surface area contributed by atoms with Crippen LogP contribution in [0.1, 0.15) is 23.1 Å². The van der Waals surface area contributed by atoms with Crippen molar-refractivity contribution in [1.29, 1.82) is 5.26 Å². The number of carbonyl (C=O) groups is 2. The highest BCUT2D eigenvalue weighted by atomic mass is 35.5. The van der Waals surface area contributed by atoms with Crippen LogP contribution in [0.2, 0.25) is 5.02 Å². The predicted octanol–water partition coefficient (Wildman–Crippen LogP) is 3.50. The van der Waals surface area contributed by atoms with E-state index in [4.69, 9.17) is 21.6 Å². The van der Waals surface area contributed by atoms with Crippen LogP contribution in [0, 0.1) is 18.3 Å². The Labute approximate surface area is 181 Å². The lowest BCUT2D eigenvalue weighted by Crippen LogP contribution is -2.50. The predicted molar refractivity (Wildman–Crippen MR) is 115 cm³/mol. The molecule has 0 bridgehead atoms. The maximum Gasteiger partial charge on any atom is 0.323 e. The zero-order valence-electron chi connectivity index (χ0n) is 17.1. The van der Waals surface area contributed by atoms with Gasteiger partial charge in [-0.05, 0) is 48.2 Å². The molecule has 0 fully saturated rings. The number of methoxy groups -OCH3 is 1. The number of amides is 1. The minimum Gasteiger partial charge on any atom is -0.468 e. The number of esters is 1. The van der Waals surface area contributed by atoms with Gasteiger partial charge < -0.3 is 9.64 Å². The SMILES string of the molecule is COC(=O)C1Cc2ccccc2CN1CC(=O)N(CCC#N)c1ccc(Cl)c(C)c1. The van der Waals surface area contributed by atoms with Gasteiger partial charge >= 0.3 is 5.97 Å². The van der Waals surface area contributed by atoms with Gasteiger partial charge in [-0.25, -0.2) is 0 Å². The second-order valence-corrected chi connectivity index (χ2v) is 7.71. The van der Waals surface area contributed by atoms with Crippen molar-refractivity contribution in [2.45, 2.75) is 32.4 Å². The van der Waals surface area contributed by atoms with Crippen LogP contribution in [0.5, 0.6) is 0 Å². The van der Waals surface area contributed by atoms with Crippen LogP contribution in [0.25, 0.3) is 0 Å². The molecule has 7 heteroatoms. The number of hydrogen-bond donors (Lipinski definition) is 0. The number of benzene rings is 2. The molecular formula is C23H24ClN3O3. The van der Waals surface area contributed by atoms with Crippen molar-refractivity contribution in [3.63, 3.8) is 0 Å². The summed E-state index contributed by atoms with van der Waals surface area (Å²) in [6.45, 7) is 2.66. The zero-order valence-corrected chi connectivity index (χ0v) is 17.9. The average Bonchev–Trinajstić information content (AvgIpc) is 2.75. The van der Waals surface area contributed by atoms with E-state index in [0.717, 1.165) is 16.7 Å². The van der Waals surface area contributed by atoms with Gasteiger partial charge in [0.05, 0.1) is 26.1 Å². The van der Waals surface area contributed by atoms with Gasteiger partial charge in [-0.2, -0.15) is 5.26 Å². The van der Waals surface area contributed by atoms with Crippen LogP contribution in [0.15, 0.2) is 42.5 Å². The Morgan fingerprint density at radius 2 is 2.00 bits per heavy atom. The van der Waals surface area contributed by atoms with E-state index < -0.39 is 6.04 Å². The molecule has 1 atom stereocenters. The van der Waals surface area contributed by atoms with E-state index in [1.807, 2.05) is 42.2 Å². The van der Waals surface area contributed by atoms with Crippen LogP contribution in [0.3, 0.4) is 0 Å². The Morgan fingerprint density at radius 1 is 1.27 bits per heavy atom. The summed E-state index contributed by atoms with van der Waals surface area (Å²) >= 11 is 6.13. The normalized spacial score (nSPS) is 15.7. The molecular weight excluding hydrogens is 402 g/mol. The summed E-state index contributed by atoms with van der Waals surface area (Å²) in [6, 6.07) is 14.8. The summed E-state index contributed by atoms with van der Waals surface area (Å²) in [5.41, 5.74) is 3.72. The number of halogens is 1. The highest BCUT2D eigenvalue weighted by Gasteiger charge is 2.34. The molecule has 0 saturated heterocycles. The van der Waals surface area contributed by atoms with Crippen LogP contribution in [-0.4, -0.2) is 43.0 Å². The minimum atomic E-state index is -0.529. The van der Waals surface area contributed by atoms with E-state index in [2.05, 4.69) is 6.07 Å². The number of fused-ring (bicyclic) bond motifs is 1. The van der Waals surface area contributed by atoms with Crippen molar-refractivity contribution in [2.24, 2.45) is 0 Å².